The first kappa shape index (κ1) is 29.6. The summed E-state index contributed by atoms with van der Waals surface area (Å²) in [6.45, 7) is 9.12. The molecular formula is C29H31ClN4O7. The van der Waals surface area contributed by atoms with Crippen LogP contribution in [0.4, 0.5) is 10.5 Å². The third-order valence-electron chi connectivity index (χ3n) is 6.33. The van der Waals surface area contributed by atoms with Crippen LogP contribution in [-0.4, -0.2) is 52.9 Å². The predicted octanol–water partition coefficient (Wildman–Crippen LogP) is 3.70. The van der Waals surface area contributed by atoms with E-state index < -0.39 is 29.6 Å². The fourth-order valence-electron chi connectivity index (χ4n) is 4.41. The van der Waals surface area contributed by atoms with E-state index in [0.717, 1.165) is 11.1 Å². The van der Waals surface area contributed by atoms with E-state index in [-0.39, 0.29) is 66.4 Å². The molecule has 0 spiro atoms. The molecule has 3 N–H and O–H groups in total. The van der Waals surface area contributed by atoms with Gasteiger partial charge in [-0.05, 0) is 56.5 Å². The van der Waals surface area contributed by atoms with E-state index in [4.69, 9.17) is 21.1 Å². The van der Waals surface area contributed by atoms with Gasteiger partial charge in [-0.3, -0.25) is 19.7 Å². The zero-order chi connectivity index (χ0) is 29.9. The van der Waals surface area contributed by atoms with Gasteiger partial charge in [-0.2, -0.15) is 0 Å². The summed E-state index contributed by atoms with van der Waals surface area (Å²) in [6.07, 6.45) is 0.460. The van der Waals surface area contributed by atoms with Crippen molar-refractivity contribution in [2.24, 2.45) is 0 Å². The molecule has 0 bridgehead atoms. The van der Waals surface area contributed by atoms with Gasteiger partial charge in [0.05, 0.1) is 16.3 Å². The number of halogens is 1. The topological polar surface area (TPSA) is 143 Å². The molecule has 11 nitrogen and oxygen atoms in total. The van der Waals surface area contributed by atoms with Gasteiger partial charge in [-0.15, -0.1) is 0 Å². The van der Waals surface area contributed by atoms with Crippen LogP contribution in [0.3, 0.4) is 0 Å². The van der Waals surface area contributed by atoms with Crippen molar-refractivity contribution in [3.8, 4) is 5.75 Å². The van der Waals surface area contributed by atoms with Crippen molar-refractivity contribution in [3.63, 3.8) is 0 Å². The summed E-state index contributed by atoms with van der Waals surface area (Å²) in [7, 11) is 0. The zero-order valence-electron chi connectivity index (χ0n) is 23.0. The quantitative estimate of drug-likeness (QED) is 0.245. The number of carbonyl (C=O) groups excluding carboxylic acids is 5. The number of amides is 5. The molecule has 2 aliphatic heterocycles. The van der Waals surface area contributed by atoms with Crippen LogP contribution in [0.15, 0.2) is 48.6 Å². The average Bonchev–Trinajstić information content (AvgIpc) is 3.21. The highest BCUT2D eigenvalue weighted by atomic mass is 35.5. The Kier molecular flexibility index (Phi) is 8.67. The van der Waals surface area contributed by atoms with Crippen LogP contribution < -0.4 is 20.7 Å². The lowest BCUT2D eigenvalue weighted by molar-refractivity contribution is -0.150. The van der Waals surface area contributed by atoms with Gasteiger partial charge in [-0.25, -0.2) is 9.59 Å². The van der Waals surface area contributed by atoms with Crippen LogP contribution in [-0.2, 0) is 32.2 Å². The minimum Gasteiger partial charge on any atom is -0.485 e. The Balaban J connectivity index is 1.34. The lowest BCUT2D eigenvalue weighted by Gasteiger charge is -2.29. The number of nitrogens with zero attached hydrogens (tertiary/aromatic N) is 1. The zero-order valence-corrected chi connectivity index (χ0v) is 23.7. The summed E-state index contributed by atoms with van der Waals surface area (Å²) in [4.78, 5) is 63.0. The van der Waals surface area contributed by atoms with Crippen molar-refractivity contribution in [1.29, 1.82) is 0 Å². The number of benzene rings is 2. The minimum atomic E-state index is -0.699. The highest BCUT2D eigenvalue weighted by molar-refractivity contribution is 6.32. The highest BCUT2D eigenvalue weighted by Crippen LogP contribution is 2.33. The molecule has 2 aromatic rings. The van der Waals surface area contributed by atoms with Crippen LogP contribution in [0.25, 0.3) is 0 Å². The van der Waals surface area contributed by atoms with Crippen LogP contribution >= 0.6 is 11.6 Å². The molecule has 0 aromatic heterocycles. The van der Waals surface area contributed by atoms with E-state index >= 15 is 0 Å². The molecule has 2 heterocycles. The summed E-state index contributed by atoms with van der Waals surface area (Å²) in [5.41, 5.74) is 1.64. The van der Waals surface area contributed by atoms with Gasteiger partial charge in [0.25, 0.3) is 5.91 Å². The summed E-state index contributed by atoms with van der Waals surface area (Å²) < 4.78 is 11.0. The standard InChI is InChI=1S/C29H31ClN4O7/c1-16(27(38)41-29(2,3)4)15-40-24-20(30)6-5-7-21(24)32-28(39)31-13-17-8-9-19-18(12-17)14-34(26(19)37)22-10-11-23(35)33-25(22)36/h5-9,12,22H,1,10-11,13-15H2,2-4H3,(H2,31,32,39)(H,33,35,36). The summed E-state index contributed by atoms with van der Waals surface area (Å²) in [5, 5.41) is 7.95. The molecule has 41 heavy (non-hydrogen) atoms. The normalized spacial score (nSPS) is 16.5. The average molecular weight is 583 g/mol. The van der Waals surface area contributed by atoms with Crippen molar-refractivity contribution in [1.82, 2.24) is 15.5 Å². The van der Waals surface area contributed by atoms with Crippen molar-refractivity contribution in [2.45, 2.75) is 58.3 Å². The van der Waals surface area contributed by atoms with E-state index in [9.17, 15) is 24.0 Å². The van der Waals surface area contributed by atoms with Crippen LogP contribution in [0, 0.1) is 0 Å². The number of anilines is 1. The number of fused-ring (bicyclic) bond motifs is 1. The van der Waals surface area contributed by atoms with Gasteiger partial charge in [0.2, 0.25) is 11.8 Å². The maximum absolute atomic E-state index is 12.9. The van der Waals surface area contributed by atoms with Gasteiger partial charge >= 0.3 is 12.0 Å². The molecule has 2 aliphatic rings. The van der Waals surface area contributed by atoms with Crippen LogP contribution in [0.5, 0.6) is 5.75 Å². The van der Waals surface area contributed by atoms with Gasteiger partial charge in [0.15, 0.2) is 5.75 Å². The molecule has 1 saturated heterocycles. The van der Waals surface area contributed by atoms with E-state index in [1.807, 2.05) is 0 Å². The number of ether oxygens (including phenoxy) is 2. The van der Waals surface area contributed by atoms with Crippen molar-refractivity contribution in [3.05, 3.63) is 70.3 Å². The molecular weight excluding hydrogens is 552 g/mol. The van der Waals surface area contributed by atoms with Crippen LogP contribution in [0.1, 0.15) is 55.1 Å². The number of hydrogen-bond acceptors (Lipinski definition) is 7. The SMILES string of the molecule is C=C(COc1c(Cl)cccc1NC(=O)NCc1ccc2c(c1)CN(C1CCC(=O)NC1=O)C2=O)C(=O)OC(C)(C)C. The third-order valence-corrected chi connectivity index (χ3v) is 6.63. The van der Waals surface area contributed by atoms with Gasteiger partial charge < -0.3 is 25.0 Å². The maximum atomic E-state index is 12.9. The number of esters is 1. The molecule has 4 rings (SSSR count). The molecule has 1 atom stereocenters. The number of carbonyl (C=O) groups is 5. The lowest BCUT2D eigenvalue weighted by atomic mass is 10.0. The number of imide groups is 1. The van der Waals surface area contributed by atoms with Crippen molar-refractivity contribution in [2.75, 3.05) is 11.9 Å². The van der Waals surface area contributed by atoms with E-state index in [1.54, 1.807) is 57.2 Å². The van der Waals surface area contributed by atoms with Gasteiger partial charge in [0, 0.05) is 25.1 Å². The number of urea groups is 1. The first-order valence-corrected chi connectivity index (χ1v) is 13.3. The Morgan fingerprint density at radius 1 is 1.17 bits per heavy atom. The Morgan fingerprint density at radius 3 is 2.63 bits per heavy atom. The highest BCUT2D eigenvalue weighted by Gasteiger charge is 2.39. The Labute approximate surface area is 242 Å². The molecule has 12 heteroatoms. The number of nitrogens with one attached hydrogen (secondary N) is 3. The number of piperidine rings is 1. The molecule has 5 amide bonds. The molecule has 2 aromatic carbocycles. The predicted molar refractivity (Wildman–Crippen MR) is 150 cm³/mol. The second-order valence-corrected chi connectivity index (χ2v) is 11.1. The summed E-state index contributed by atoms with van der Waals surface area (Å²) >= 11 is 6.29. The number of para-hydroxylation sites is 1. The van der Waals surface area contributed by atoms with Gasteiger partial charge in [-0.1, -0.05) is 36.4 Å². The van der Waals surface area contributed by atoms with Crippen molar-refractivity contribution >= 4 is 47.0 Å². The summed E-state index contributed by atoms with van der Waals surface area (Å²) in [6, 6.07) is 8.77. The second kappa shape index (κ2) is 12.0. The van der Waals surface area contributed by atoms with E-state index in [0.29, 0.717) is 5.56 Å². The monoisotopic (exact) mass is 582 g/mol. The first-order chi connectivity index (χ1) is 19.3. The molecule has 0 aliphatic carbocycles. The fraction of sp³-hybridized carbons (Fsp3) is 0.345. The Hall–Kier alpha value is -4.38. The van der Waals surface area contributed by atoms with Crippen molar-refractivity contribution < 1.29 is 33.4 Å². The number of rotatable bonds is 8. The molecule has 0 saturated carbocycles. The van der Waals surface area contributed by atoms with E-state index in [2.05, 4.69) is 22.5 Å². The minimum absolute atomic E-state index is 0.0847. The first-order valence-electron chi connectivity index (χ1n) is 13.0. The Bertz CT molecular complexity index is 1430. The molecule has 1 unspecified atom stereocenters. The molecule has 1 fully saturated rings. The Morgan fingerprint density at radius 2 is 1.93 bits per heavy atom. The molecule has 0 radical (unpaired) electrons. The largest absolute Gasteiger partial charge is 0.485 e. The van der Waals surface area contributed by atoms with E-state index in [1.165, 1.54) is 4.90 Å². The second-order valence-electron chi connectivity index (χ2n) is 10.7. The smallest absolute Gasteiger partial charge is 0.337 e. The molecule has 216 valence electrons. The third kappa shape index (κ3) is 7.23. The van der Waals surface area contributed by atoms with Gasteiger partial charge in [0.1, 0.15) is 18.2 Å². The summed E-state index contributed by atoms with van der Waals surface area (Å²) in [5.74, 6) is -1.52. The fourth-order valence-corrected chi connectivity index (χ4v) is 4.64. The number of hydrogen-bond donors (Lipinski definition) is 3. The van der Waals surface area contributed by atoms with Crippen LogP contribution in [0.2, 0.25) is 5.02 Å². The maximum Gasteiger partial charge on any atom is 0.337 e. The lowest BCUT2D eigenvalue weighted by Crippen LogP contribution is -2.52.